The molecule has 0 aliphatic heterocycles. The van der Waals surface area contributed by atoms with E-state index in [0.29, 0.717) is 23.9 Å². The Labute approximate surface area is 156 Å². The second-order valence-corrected chi connectivity index (χ2v) is 6.99. The fourth-order valence-corrected chi connectivity index (χ4v) is 3.25. The Morgan fingerprint density at radius 3 is 2.73 bits per heavy atom. The summed E-state index contributed by atoms with van der Waals surface area (Å²) in [4.78, 5) is 17.7. The van der Waals surface area contributed by atoms with Crippen molar-refractivity contribution in [1.29, 1.82) is 0 Å². The van der Waals surface area contributed by atoms with E-state index in [0.717, 1.165) is 16.0 Å². The SMILES string of the molecule is CC[C@@H](Oc1cc(C)cc(C)c1)C(=O)NCc1nc(-c2cccs2)no1. The van der Waals surface area contributed by atoms with Gasteiger partial charge >= 0.3 is 0 Å². The van der Waals surface area contributed by atoms with Gasteiger partial charge in [-0.25, -0.2) is 0 Å². The van der Waals surface area contributed by atoms with Crippen LogP contribution in [0.4, 0.5) is 0 Å². The Morgan fingerprint density at radius 2 is 2.08 bits per heavy atom. The van der Waals surface area contributed by atoms with Crippen LogP contribution in [-0.4, -0.2) is 22.2 Å². The molecule has 6 nitrogen and oxygen atoms in total. The maximum atomic E-state index is 12.4. The van der Waals surface area contributed by atoms with Gasteiger partial charge in [0.15, 0.2) is 6.10 Å². The number of hydrogen-bond donors (Lipinski definition) is 1. The second kappa shape index (κ2) is 8.14. The number of nitrogens with one attached hydrogen (secondary N) is 1. The van der Waals surface area contributed by atoms with Crippen LogP contribution in [0.5, 0.6) is 5.75 Å². The van der Waals surface area contributed by atoms with Gasteiger partial charge in [0.1, 0.15) is 5.75 Å². The molecular formula is C19H21N3O3S. The lowest BCUT2D eigenvalue weighted by atomic mass is 10.1. The van der Waals surface area contributed by atoms with E-state index in [4.69, 9.17) is 9.26 Å². The average Bonchev–Trinajstić information content (AvgIpc) is 3.27. The number of carbonyl (C=O) groups is 1. The normalized spacial score (nSPS) is 12.0. The Kier molecular flexibility index (Phi) is 5.68. The summed E-state index contributed by atoms with van der Waals surface area (Å²) in [7, 11) is 0. The van der Waals surface area contributed by atoms with Crippen molar-refractivity contribution in [3.8, 4) is 16.5 Å². The predicted molar refractivity (Wildman–Crippen MR) is 100 cm³/mol. The Balaban J connectivity index is 1.59. The van der Waals surface area contributed by atoms with Crippen molar-refractivity contribution in [3.05, 3.63) is 52.7 Å². The van der Waals surface area contributed by atoms with Crippen LogP contribution in [0.1, 0.15) is 30.4 Å². The van der Waals surface area contributed by atoms with Gasteiger partial charge in [-0.2, -0.15) is 4.98 Å². The first-order valence-electron chi connectivity index (χ1n) is 8.44. The molecule has 1 N–H and O–H groups in total. The van der Waals surface area contributed by atoms with Gasteiger partial charge in [0.25, 0.3) is 5.91 Å². The van der Waals surface area contributed by atoms with Gasteiger partial charge in [-0.1, -0.05) is 24.2 Å². The molecule has 0 saturated carbocycles. The van der Waals surface area contributed by atoms with Gasteiger partial charge in [0.05, 0.1) is 11.4 Å². The third-order valence-electron chi connectivity index (χ3n) is 3.76. The number of aryl methyl sites for hydroxylation is 2. The quantitative estimate of drug-likeness (QED) is 0.682. The molecule has 2 aromatic heterocycles. The molecule has 0 bridgehead atoms. The molecule has 2 heterocycles. The van der Waals surface area contributed by atoms with Crippen molar-refractivity contribution in [2.24, 2.45) is 0 Å². The predicted octanol–water partition coefficient (Wildman–Crippen LogP) is 3.89. The number of amides is 1. The summed E-state index contributed by atoms with van der Waals surface area (Å²) >= 11 is 1.53. The van der Waals surface area contributed by atoms with Gasteiger partial charge < -0.3 is 14.6 Å². The zero-order valence-corrected chi connectivity index (χ0v) is 15.8. The van der Waals surface area contributed by atoms with E-state index in [-0.39, 0.29) is 12.5 Å². The van der Waals surface area contributed by atoms with Crippen LogP contribution in [-0.2, 0) is 11.3 Å². The molecule has 0 aliphatic carbocycles. The summed E-state index contributed by atoms with van der Waals surface area (Å²) in [5.41, 5.74) is 2.20. The highest BCUT2D eigenvalue weighted by atomic mass is 32.1. The Hall–Kier alpha value is -2.67. The number of benzene rings is 1. The largest absolute Gasteiger partial charge is 0.481 e. The standard InChI is InChI=1S/C19H21N3O3S/c1-4-15(24-14-9-12(2)8-13(3)10-14)19(23)20-11-17-21-18(22-25-17)16-6-5-7-26-16/h5-10,15H,4,11H2,1-3H3,(H,20,23)/t15-/m1/s1. The van der Waals surface area contributed by atoms with Crippen molar-refractivity contribution >= 4 is 17.2 Å². The summed E-state index contributed by atoms with van der Waals surface area (Å²) in [5, 5.41) is 8.68. The molecule has 1 atom stereocenters. The molecule has 0 saturated heterocycles. The number of rotatable bonds is 7. The molecule has 0 fully saturated rings. The molecule has 3 aromatic rings. The van der Waals surface area contributed by atoms with Crippen molar-refractivity contribution in [1.82, 2.24) is 15.5 Å². The molecule has 3 rings (SSSR count). The summed E-state index contributed by atoms with van der Waals surface area (Å²) < 4.78 is 11.1. The molecule has 136 valence electrons. The fourth-order valence-electron chi connectivity index (χ4n) is 2.60. The van der Waals surface area contributed by atoms with Crippen molar-refractivity contribution in [2.75, 3.05) is 0 Å². The average molecular weight is 371 g/mol. The molecule has 0 aliphatic rings. The highest BCUT2D eigenvalue weighted by molar-refractivity contribution is 7.13. The van der Waals surface area contributed by atoms with E-state index in [2.05, 4.69) is 21.5 Å². The van der Waals surface area contributed by atoms with E-state index < -0.39 is 6.10 Å². The zero-order valence-electron chi connectivity index (χ0n) is 15.0. The molecule has 0 unspecified atom stereocenters. The van der Waals surface area contributed by atoms with Crippen LogP contribution in [0.15, 0.2) is 40.2 Å². The molecule has 0 radical (unpaired) electrons. The first-order valence-corrected chi connectivity index (χ1v) is 9.32. The number of hydrogen-bond acceptors (Lipinski definition) is 6. The highest BCUT2D eigenvalue weighted by Gasteiger charge is 2.19. The lowest BCUT2D eigenvalue weighted by molar-refractivity contribution is -0.128. The van der Waals surface area contributed by atoms with Gasteiger partial charge in [-0.3, -0.25) is 4.79 Å². The molecule has 1 amide bonds. The Bertz CT molecular complexity index is 854. The summed E-state index contributed by atoms with van der Waals surface area (Å²) in [6.07, 6.45) is -0.0146. The van der Waals surface area contributed by atoms with Crippen LogP contribution in [0.3, 0.4) is 0 Å². The minimum Gasteiger partial charge on any atom is -0.481 e. The second-order valence-electron chi connectivity index (χ2n) is 6.04. The smallest absolute Gasteiger partial charge is 0.261 e. The molecule has 7 heteroatoms. The maximum absolute atomic E-state index is 12.4. The third-order valence-corrected chi connectivity index (χ3v) is 4.63. The minimum absolute atomic E-state index is 0.171. The lowest BCUT2D eigenvalue weighted by Crippen LogP contribution is -2.37. The molecular weight excluding hydrogens is 350 g/mol. The van der Waals surface area contributed by atoms with Crippen molar-refractivity contribution in [3.63, 3.8) is 0 Å². The number of ether oxygens (including phenoxy) is 1. The number of nitrogens with zero attached hydrogens (tertiary/aromatic N) is 2. The zero-order chi connectivity index (χ0) is 18.5. The van der Waals surface area contributed by atoms with Gasteiger partial charge in [-0.05, 0) is 55.0 Å². The van der Waals surface area contributed by atoms with Gasteiger partial charge in [0.2, 0.25) is 11.7 Å². The van der Waals surface area contributed by atoms with Gasteiger partial charge in [0, 0.05) is 0 Å². The Morgan fingerprint density at radius 1 is 1.31 bits per heavy atom. The molecule has 0 spiro atoms. The van der Waals surface area contributed by atoms with Crippen LogP contribution >= 0.6 is 11.3 Å². The molecule has 26 heavy (non-hydrogen) atoms. The lowest BCUT2D eigenvalue weighted by Gasteiger charge is -2.17. The van der Waals surface area contributed by atoms with E-state index in [9.17, 15) is 4.79 Å². The van der Waals surface area contributed by atoms with Crippen molar-refractivity contribution < 1.29 is 14.1 Å². The first kappa shape index (κ1) is 18.1. The van der Waals surface area contributed by atoms with Crippen LogP contribution in [0.2, 0.25) is 0 Å². The summed E-state index contributed by atoms with van der Waals surface area (Å²) in [6.45, 7) is 6.09. The molecule has 1 aromatic carbocycles. The number of carbonyl (C=O) groups excluding carboxylic acids is 1. The monoisotopic (exact) mass is 371 g/mol. The highest BCUT2D eigenvalue weighted by Crippen LogP contribution is 2.21. The summed E-state index contributed by atoms with van der Waals surface area (Å²) in [6, 6.07) is 9.76. The van der Waals surface area contributed by atoms with E-state index >= 15 is 0 Å². The number of aromatic nitrogens is 2. The first-order chi connectivity index (χ1) is 12.5. The topological polar surface area (TPSA) is 77.2 Å². The van der Waals surface area contributed by atoms with Crippen LogP contribution < -0.4 is 10.1 Å². The van der Waals surface area contributed by atoms with Crippen molar-refractivity contribution in [2.45, 2.75) is 39.8 Å². The maximum Gasteiger partial charge on any atom is 0.261 e. The van der Waals surface area contributed by atoms with E-state index in [1.807, 2.05) is 50.4 Å². The van der Waals surface area contributed by atoms with E-state index in [1.54, 1.807) is 0 Å². The third kappa shape index (κ3) is 4.49. The van der Waals surface area contributed by atoms with E-state index in [1.165, 1.54) is 11.3 Å². The summed E-state index contributed by atoms with van der Waals surface area (Å²) in [5.74, 6) is 1.38. The van der Waals surface area contributed by atoms with Crippen LogP contribution in [0, 0.1) is 13.8 Å². The van der Waals surface area contributed by atoms with Gasteiger partial charge in [-0.15, -0.1) is 11.3 Å². The number of thiophene rings is 1. The fraction of sp³-hybridized carbons (Fsp3) is 0.316. The minimum atomic E-state index is -0.573. The van der Waals surface area contributed by atoms with Crippen LogP contribution in [0.25, 0.3) is 10.7 Å².